The molecule has 0 saturated carbocycles. The summed E-state index contributed by atoms with van der Waals surface area (Å²) in [4.78, 5) is 20.5. The van der Waals surface area contributed by atoms with E-state index >= 15 is 0 Å². The summed E-state index contributed by atoms with van der Waals surface area (Å²) < 4.78 is 0. The standard InChI is InChI=1S/C13H23N5O/c1-5-18(10(2)9-17(3)4)13(19)11-7-6-8-12(15-11)16-14/h6-8,10H,5,9,14H2,1-4H3,(H,15,16). The van der Waals surface area contributed by atoms with Crippen molar-refractivity contribution in [2.24, 2.45) is 5.84 Å². The van der Waals surface area contributed by atoms with Gasteiger partial charge < -0.3 is 15.2 Å². The molecule has 1 rings (SSSR count). The third kappa shape index (κ3) is 4.18. The number of nitrogen functional groups attached to an aromatic ring is 1. The molecule has 0 aliphatic heterocycles. The molecular weight excluding hydrogens is 242 g/mol. The number of nitrogens with one attached hydrogen (secondary N) is 1. The summed E-state index contributed by atoms with van der Waals surface area (Å²) in [6, 6.07) is 5.31. The number of pyridine rings is 1. The van der Waals surface area contributed by atoms with Crippen LogP contribution in [0.3, 0.4) is 0 Å². The first kappa shape index (κ1) is 15.4. The predicted molar refractivity (Wildman–Crippen MR) is 76.8 cm³/mol. The Bertz CT molecular complexity index is 421. The highest BCUT2D eigenvalue weighted by molar-refractivity contribution is 5.92. The first-order valence-electron chi connectivity index (χ1n) is 6.39. The maximum absolute atomic E-state index is 12.4. The molecule has 0 radical (unpaired) electrons. The van der Waals surface area contributed by atoms with E-state index in [-0.39, 0.29) is 11.9 Å². The first-order chi connectivity index (χ1) is 8.99. The smallest absolute Gasteiger partial charge is 0.272 e. The van der Waals surface area contributed by atoms with E-state index in [4.69, 9.17) is 5.84 Å². The van der Waals surface area contributed by atoms with E-state index in [1.807, 2.05) is 32.8 Å². The Balaban J connectivity index is 2.88. The minimum absolute atomic E-state index is 0.0750. The number of amides is 1. The summed E-state index contributed by atoms with van der Waals surface area (Å²) in [5.41, 5.74) is 2.86. The minimum atomic E-state index is -0.0750. The molecule has 1 aromatic heterocycles. The van der Waals surface area contributed by atoms with Crippen LogP contribution < -0.4 is 11.3 Å². The number of carbonyl (C=O) groups is 1. The van der Waals surface area contributed by atoms with Gasteiger partial charge in [0.1, 0.15) is 11.5 Å². The molecule has 0 aliphatic carbocycles. The molecule has 19 heavy (non-hydrogen) atoms. The normalized spacial score (nSPS) is 12.3. The Morgan fingerprint density at radius 2 is 2.16 bits per heavy atom. The summed E-state index contributed by atoms with van der Waals surface area (Å²) in [5, 5.41) is 0. The minimum Gasteiger partial charge on any atom is -0.334 e. The lowest BCUT2D eigenvalue weighted by atomic mass is 10.2. The molecule has 0 aromatic carbocycles. The molecule has 0 saturated heterocycles. The third-order valence-electron chi connectivity index (χ3n) is 2.88. The Morgan fingerprint density at radius 1 is 1.47 bits per heavy atom. The zero-order valence-corrected chi connectivity index (χ0v) is 12.1. The van der Waals surface area contributed by atoms with Gasteiger partial charge in [-0.15, -0.1) is 0 Å². The number of hydrazine groups is 1. The van der Waals surface area contributed by atoms with Crippen LogP contribution in [0.25, 0.3) is 0 Å². The van der Waals surface area contributed by atoms with Crippen molar-refractivity contribution in [3.63, 3.8) is 0 Å². The Labute approximate surface area is 114 Å². The SMILES string of the molecule is CCN(C(=O)c1cccc(NN)n1)C(C)CN(C)C. The van der Waals surface area contributed by atoms with Crippen molar-refractivity contribution in [1.29, 1.82) is 0 Å². The maximum atomic E-state index is 12.4. The number of anilines is 1. The summed E-state index contributed by atoms with van der Waals surface area (Å²) in [6.45, 7) is 5.46. The van der Waals surface area contributed by atoms with Gasteiger partial charge in [-0.2, -0.15) is 0 Å². The Kier molecular flexibility index (Phi) is 5.72. The molecule has 0 aliphatic rings. The number of nitrogens with two attached hydrogens (primary N) is 1. The Morgan fingerprint density at radius 3 is 2.68 bits per heavy atom. The van der Waals surface area contributed by atoms with Crippen molar-refractivity contribution in [3.8, 4) is 0 Å². The maximum Gasteiger partial charge on any atom is 0.272 e. The second kappa shape index (κ2) is 7.06. The average Bonchev–Trinajstić information content (AvgIpc) is 2.38. The third-order valence-corrected chi connectivity index (χ3v) is 2.88. The second-order valence-electron chi connectivity index (χ2n) is 4.75. The lowest BCUT2D eigenvalue weighted by Crippen LogP contribution is -2.44. The summed E-state index contributed by atoms with van der Waals surface area (Å²) in [6.07, 6.45) is 0. The van der Waals surface area contributed by atoms with E-state index < -0.39 is 0 Å². The fourth-order valence-corrected chi connectivity index (χ4v) is 2.06. The predicted octanol–water partition coefficient (Wildman–Crippen LogP) is 0.779. The fraction of sp³-hybridized carbons (Fsp3) is 0.538. The molecule has 1 atom stereocenters. The molecule has 1 heterocycles. The Hall–Kier alpha value is -1.66. The van der Waals surface area contributed by atoms with Crippen LogP contribution in [0, 0.1) is 0 Å². The number of hydrogen-bond donors (Lipinski definition) is 2. The van der Waals surface area contributed by atoms with E-state index in [2.05, 4.69) is 15.3 Å². The van der Waals surface area contributed by atoms with Crippen LogP contribution in [0.5, 0.6) is 0 Å². The van der Waals surface area contributed by atoms with Crippen molar-refractivity contribution >= 4 is 11.7 Å². The van der Waals surface area contributed by atoms with Crippen LogP contribution >= 0.6 is 0 Å². The number of rotatable bonds is 6. The molecule has 6 heteroatoms. The van der Waals surface area contributed by atoms with Gasteiger partial charge in [0.25, 0.3) is 5.91 Å². The number of nitrogens with zero attached hydrogens (tertiary/aromatic N) is 3. The van der Waals surface area contributed by atoms with Gasteiger partial charge in [-0.25, -0.2) is 10.8 Å². The van der Waals surface area contributed by atoms with Crippen molar-refractivity contribution in [2.45, 2.75) is 19.9 Å². The van der Waals surface area contributed by atoms with Crippen molar-refractivity contribution < 1.29 is 4.79 Å². The molecular formula is C13H23N5O. The molecule has 1 aromatic rings. The quantitative estimate of drug-likeness (QED) is 0.587. The number of aromatic nitrogens is 1. The lowest BCUT2D eigenvalue weighted by molar-refractivity contribution is 0.0673. The van der Waals surface area contributed by atoms with E-state index in [0.29, 0.717) is 18.1 Å². The van der Waals surface area contributed by atoms with Crippen molar-refractivity contribution in [1.82, 2.24) is 14.8 Å². The molecule has 6 nitrogen and oxygen atoms in total. The molecule has 0 fully saturated rings. The van der Waals surface area contributed by atoms with Gasteiger partial charge in [0, 0.05) is 19.1 Å². The molecule has 1 unspecified atom stereocenters. The van der Waals surface area contributed by atoms with Crippen LogP contribution in [-0.4, -0.2) is 53.9 Å². The molecule has 1 amide bonds. The van der Waals surface area contributed by atoms with Crippen LogP contribution in [0.15, 0.2) is 18.2 Å². The summed E-state index contributed by atoms with van der Waals surface area (Å²) >= 11 is 0. The highest BCUT2D eigenvalue weighted by Gasteiger charge is 2.21. The number of likely N-dealkylation sites (N-methyl/N-ethyl adjacent to an activating group) is 2. The summed E-state index contributed by atoms with van der Waals surface area (Å²) in [5.74, 6) is 5.72. The van der Waals surface area contributed by atoms with Crippen molar-refractivity contribution in [2.75, 3.05) is 32.6 Å². The van der Waals surface area contributed by atoms with E-state index in [9.17, 15) is 4.79 Å². The number of carbonyl (C=O) groups excluding carboxylic acids is 1. The van der Waals surface area contributed by atoms with Gasteiger partial charge in [0.2, 0.25) is 0 Å². The van der Waals surface area contributed by atoms with Gasteiger partial charge >= 0.3 is 0 Å². The van der Waals surface area contributed by atoms with Crippen LogP contribution in [0.4, 0.5) is 5.82 Å². The van der Waals surface area contributed by atoms with Crippen LogP contribution in [0.2, 0.25) is 0 Å². The van der Waals surface area contributed by atoms with E-state index in [0.717, 1.165) is 6.54 Å². The largest absolute Gasteiger partial charge is 0.334 e. The van der Waals surface area contributed by atoms with Crippen LogP contribution in [0.1, 0.15) is 24.3 Å². The van der Waals surface area contributed by atoms with Gasteiger partial charge in [0.15, 0.2) is 0 Å². The average molecular weight is 265 g/mol. The molecule has 0 bridgehead atoms. The van der Waals surface area contributed by atoms with Gasteiger partial charge in [-0.1, -0.05) is 6.07 Å². The van der Waals surface area contributed by atoms with Gasteiger partial charge in [-0.3, -0.25) is 4.79 Å². The monoisotopic (exact) mass is 265 g/mol. The molecule has 3 N–H and O–H groups in total. The zero-order chi connectivity index (χ0) is 14.4. The number of hydrogen-bond acceptors (Lipinski definition) is 5. The molecule has 106 valence electrons. The zero-order valence-electron chi connectivity index (χ0n) is 12.1. The highest BCUT2D eigenvalue weighted by Crippen LogP contribution is 2.10. The topological polar surface area (TPSA) is 74.5 Å². The first-order valence-corrected chi connectivity index (χ1v) is 6.39. The van der Waals surface area contributed by atoms with E-state index in [1.54, 1.807) is 18.2 Å². The summed E-state index contributed by atoms with van der Waals surface area (Å²) in [7, 11) is 3.98. The second-order valence-corrected chi connectivity index (χ2v) is 4.75. The highest BCUT2D eigenvalue weighted by atomic mass is 16.2. The van der Waals surface area contributed by atoms with Gasteiger partial charge in [-0.05, 0) is 40.1 Å². The van der Waals surface area contributed by atoms with Crippen LogP contribution in [-0.2, 0) is 0 Å². The van der Waals surface area contributed by atoms with E-state index in [1.165, 1.54) is 0 Å². The molecule has 0 spiro atoms. The van der Waals surface area contributed by atoms with Crippen molar-refractivity contribution in [3.05, 3.63) is 23.9 Å². The lowest BCUT2D eigenvalue weighted by Gasteiger charge is -2.29. The van der Waals surface area contributed by atoms with Gasteiger partial charge in [0.05, 0.1) is 0 Å². The fourth-order valence-electron chi connectivity index (χ4n) is 2.06.